The molecule has 1 aromatic carbocycles. The maximum atomic E-state index is 5.35. The third-order valence-corrected chi connectivity index (χ3v) is 4.76. The molecule has 1 heterocycles. The molecular formula is C14H18N2OS. The topological polar surface area (TPSA) is 33.6 Å². The van der Waals surface area contributed by atoms with E-state index in [1.807, 2.05) is 36.0 Å². The highest BCUT2D eigenvalue weighted by atomic mass is 32.2. The van der Waals surface area contributed by atoms with Crippen LogP contribution in [0.4, 0.5) is 5.69 Å². The number of anilines is 1. The smallest absolute Gasteiger partial charge is 0.161 e. The average molecular weight is 262 g/mol. The molecule has 0 amide bonds. The SMILES string of the molecule is COc1ccccc1NC1=NC2CCCC2CS1. The van der Waals surface area contributed by atoms with Crippen molar-refractivity contribution in [2.45, 2.75) is 25.3 Å². The van der Waals surface area contributed by atoms with E-state index >= 15 is 0 Å². The summed E-state index contributed by atoms with van der Waals surface area (Å²) in [5.41, 5.74) is 1.00. The number of rotatable bonds is 2. The first-order chi connectivity index (χ1) is 8.86. The van der Waals surface area contributed by atoms with Crippen molar-refractivity contribution in [3.05, 3.63) is 24.3 Å². The number of methoxy groups -OCH3 is 1. The number of nitrogens with zero attached hydrogens (tertiary/aromatic N) is 1. The van der Waals surface area contributed by atoms with E-state index in [4.69, 9.17) is 9.73 Å². The lowest BCUT2D eigenvalue weighted by atomic mass is 10.1. The highest BCUT2D eigenvalue weighted by molar-refractivity contribution is 8.14. The van der Waals surface area contributed by atoms with Crippen molar-refractivity contribution in [2.75, 3.05) is 18.2 Å². The molecule has 2 aliphatic rings. The molecule has 18 heavy (non-hydrogen) atoms. The van der Waals surface area contributed by atoms with Gasteiger partial charge in [0.25, 0.3) is 0 Å². The molecule has 0 radical (unpaired) electrons. The normalized spacial score (nSPS) is 26.4. The Morgan fingerprint density at radius 3 is 3.11 bits per heavy atom. The highest BCUT2D eigenvalue weighted by Gasteiger charge is 2.31. The number of benzene rings is 1. The van der Waals surface area contributed by atoms with Crippen LogP contribution in [0.5, 0.6) is 5.75 Å². The van der Waals surface area contributed by atoms with Crippen LogP contribution >= 0.6 is 11.8 Å². The summed E-state index contributed by atoms with van der Waals surface area (Å²) in [5, 5.41) is 4.45. The van der Waals surface area contributed by atoms with Crippen molar-refractivity contribution in [1.82, 2.24) is 0 Å². The lowest BCUT2D eigenvalue weighted by molar-refractivity contribution is 0.417. The van der Waals surface area contributed by atoms with Gasteiger partial charge in [-0.25, -0.2) is 0 Å². The van der Waals surface area contributed by atoms with Gasteiger partial charge in [-0.3, -0.25) is 4.99 Å². The van der Waals surface area contributed by atoms with Gasteiger partial charge in [0.15, 0.2) is 5.17 Å². The number of aliphatic imine (C=N–C) groups is 1. The molecule has 1 fully saturated rings. The van der Waals surface area contributed by atoms with Gasteiger partial charge in [-0.05, 0) is 30.9 Å². The second kappa shape index (κ2) is 5.22. The number of ether oxygens (including phenoxy) is 1. The molecular weight excluding hydrogens is 244 g/mol. The van der Waals surface area contributed by atoms with Gasteiger partial charge < -0.3 is 10.1 Å². The van der Waals surface area contributed by atoms with E-state index in [2.05, 4.69) is 5.32 Å². The molecule has 0 spiro atoms. The van der Waals surface area contributed by atoms with Crippen molar-refractivity contribution in [3.63, 3.8) is 0 Å². The highest BCUT2D eigenvalue weighted by Crippen LogP contribution is 2.36. The van der Waals surface area contributed by atoms with Gasteiger partial charge in [0.1, 0.15) is 5.75 Å². The first-order valence-electron chi connectivity index (χ1n) is 6.47. The Hall–Kier alpha value is -1.16. The summed E-state index contributed by atoms with van der Waals surface area (Å²) in [5.74, 6) is 2.87. The van der Waals surface area contributed by atoms with Crippen LogP contribution in [0.25, 0.3) is 0 Å². The second-order valence-electron chi connectivity index (χ2n) is 4.83. The fraction of sp³-hybridized carbons (Fsp3) is 0.500. The Balaban J connectivity index is 1.76. The van der Waals surface area contributed by atoms with Crippen LogP contribution in [0, 0.1) is 5.92 Å². The lowest BCUT2D eigenvalue weighted by Crippen LogP contribution is -2.25. The predicted octanol–water partition coefficient (Wildman–Crippen LogP) is 3.38. The Morgan fingerprint density at radius 2 is 2.22 bits per heavy atom. The minimum Gasteiger partial charge on any atom is -0.495 e. The number of amidine groups is 1. The number of nitrogens with one attached hydrogen (secondary N) is 1. The molecule has 96 valence electrons. The summed E-state index contributed by atoms with van der Waals surface area (Å²) in [6.45, 7) is 0. The van der Waals surface area contributed by atoms with Gasteiger partial charge in [-0.1, -0.05) is 30.3 Å². The molecule has 1 aliphatic carbocycles. The summed E-state index contributed by atoms with van der Waals surface area (Å²) in [6.07, 6.45) is 3.94. The molecule has 2 unspecified atom stereocenters. The van der Waals surface area contributed by atoms with E-state index in [0.29, 0.717) is 6.04 Å². The Bertz CT molecular complexity index is 461. The van der Waals surface area contributed by atoms with E-state index in [9.17, 15) is 0 Å². The quantitative estimate of drug-likeness (QED) is 0.887. The van der Waals surface area contributed by atoms with Crippen molar-refractivity contribution in [1.29, 1.82) is 0 Å². The molecule has 3 rings (SSSR count). The molecule has 1 aliphatic heterocycles. The summed E-state index contributed by atoms with van der Waals surface area (Å²) in [7, 11) is 1.70. The van der Waals surface area contributed by atoms with E-state index in [1.165, 1.54) is 25.0 Å². The number of hydrogen-bond donors (Lipinski definition) is 1. The summed E-state index contributed by atoms with van der Waals surface area (Å²) >= 11 is 1.84. The Labute approximate surface area is 112 Å². The third kappa shape index (κ3) is 2.34. The van der Waals surface area contributed by atoms with Crippen LogP contribution < -0.4 is 10.1 Å². The van der Waals surface area contributed by atoms with Gasteiger partial charge in [0.2, 0.25) is 0 Å². The standard InChI is InChI=1S/C14H18N2OS/c1-17-13-8-3-2-6-12(13)16-14-15-11-7-4-5-10(11)9-18-14/h2-3,6,8,10-11H,4-5,7,9H2,1H3,(H,15,16). The van der Waals surface area contributed by atoms with E-state index in [-0.39, 0.29) is 0 Å². The van der Waals surface area contributed by atoms with Crippen LogP contribution in [0.15, 0.2) is 29.3 Å². The Morgan fingerprint density at radius 1 is 1.33 bits per heavy atom. The van der Waals surface area contributed by atoms with Crippen LogP contribution in [-0.4, -0.2) is 24.1 Å². The maximum Gasteiger partial charge on any atom is 0.161 e. The van der Waals surface area contributed by atoms with Crippen LogP contribution in [0.2, 0.25) is 0 Å². The predicted molar refractivity (Wildman–Crippen MR) is 77.6 cm³/mol. The van der Waals surface area contributed by atoms with E-state index in [1.54, 1.807) is 7.11 Å². The summed E-state index contributed by atoms with van der Waals surface area (Å²) in [6, 6.07) is 8.53. The zero-order chi connectivity index (χ0) is 12.4. The zero-order valence-corrected chi connectivity index (χ0v) is 11.4. The lowest BCUT2D eigenvalue weighted by Gasteiger charge is -2.23. The summed E-state index contributed by atoms with van der Waals surface area (Å²) in [4.78, 5) is 4.83. The largest absolute Gasteiger partial charge is 0.495 e. The van der Waals surface area contributed by atoms with Gasteiger partial charge in [-0.15, -0.1) is 0 Å². The van der Waals surface area contributed by atoms with Crippen LogP contribution in [-0.2, 0) is 0 Å². The third-order valence-electron chi connectivity index (χ3n) is 3.68. The minimum absolute atomic E-state index is 0.545. The molecule has 1 N–H and O–H groups in total. The second-order valence-corrected chi connectivity index (χ2v) is 5.84. The number of hydrogen-bond acceptors (Lipinski definition) is 4. The minimum atomic E-state index is 0.545. The number of thioether (sulfide) groups is 1. The van der Waals surface area contributed by atoms with Gasteiger partial charge >= 0.3 is 0 Å². The van der Waals surface area contributed by atoms with Crippen LogP contribution in [0.1, 0.15) is 19.3 Å². The Kier molecular flexibility index (Phi) is 3.46. The molecule has 1 saturated carbocycles. The van der Waals surface area contributed by atoms with Gasteiger partial charge in [0.05, 0.1) is 18.8 Å². The number of para-hydroxylation sites is 2. The van der Waals surface area contributed by atoms with Crippen molar-refractivity contribution >= 4 is 22.6 Å². The molecule has 0 bridgehead atoms. The monoisotopic (exact) mass is 262 g/mol. The average Bonchev–Trinajstić information content (AvgIpc) is 2.87. The number of fused-ring (bicyclic) bond motifs is 1. The zero-order valence-electron chi connectivity index (χ0n) is 10.6. The first kappa shape index (κ1) is 11.9. The van der Waals surface area contributed by atoms with Crippen molar-refractivity contribution < 1.29 is 4.74 Å². The molecule has 0 saturated heterocycles. The van der Waals surface area contributed by atoms with Crippen molar-refractivity contribution in [3.8, 4) is 5.75 Å². The van der Waals surface area contributed by atoms with E-state index in [0.717, 1.165) is 22.5 Å². The maximum absolute atomic E-state index is 5.35. The molecule has 4 heteroatoms. The molecule has 2 atom stereocenters. The van der Waals surface area contributed by atoms with Crippen LogP contribution in [0.3, 0.4) is 0 Å². The fourth-order valence-electron chi connectivity index (χ4n) is 2.69. The molecule has 1 aromatic rings. The summed E-state index contributed by atoms with van der Waals surface area (Å²) < 4.78 is 5.35. The van der Waals surface area contributed by atoms with Gasteiger partial charge in [-0.2, -0.15) is 0 Å². The molecule has 3 nitrogen and oxygen atoms in total. The first-order valence-corrected chi connectivity index (χ1v) is 7.46. The van der Waals surface area contributed by atoms with Crippen molar-refractivity contribution in [2.24, 2.45) is 10.9 Å². The molecule has 0 aromatic heterocycles. The fourth-order valence-corrected chi connectivity index (χ4v) is 3.84. The van der Waals surface area contributed by atoms with E-state index < -0.39 is 0 Å². The van der Waals surface area contributed by atoms with Gasteiger partial charge in [0, 0.05) is 5.75 Å².